The third-order valence-electron chi connectivity index (χ3n) is 1.77. The Morgan fingerprint density at radius 1 is 1.62 bits per heavy atom. The second-order valence-electron chi connectivity index (χ2n) is 3.12. The van der Waals surface area contributed by atoms with E-state index < -0.39 is 0 Å². The van der Waals surface area contributed by atoms with Gasteiger partial charge in [0, 0.05) is 24.7 Å². The molecule has 0 saturated heterocycles. The maximum Gasteiger partial charge on any atom is 0.109 e. The predicted molar refractivity (Wildman–Crippen MR) is 55.0 cm³/mol. The SMILES string of the molecule is COC[C@@H](C)N[C@@H](C)c1nccs1. The summed E-state index contributed by atoms with van der Waals surface area (Å²) in [5.41, 5.74) is 0. The summed E-state index contributed by atoms with van der Waals surface area (Å²) in [7, 11) is 1.71. The van der Waals surface area contributed by atoms with Crippen molar-refractivity contribution in [2.45, 2.75) is 25.9 Å². The average Bonchev–Trinajstić information content (AvgIpc) is 2.55. The fourth-order valence-electron chi connectivity index (χ4n) is 1.24. The van der Waals surface area contributed by atoms with E-state index in [1.165, 1.54) is 0 Å². The zero-order chi connectivity index (χ0) is 9.68. The lowest BCUT2D eigenvalue weighted by atomic mass is 10.3. The van der Waals surface area contributed by atoms with Crippen LogP contribution in [0.3, 0.4) is 0 Å². The molecular weight excluding hydrogens is 184 g/mol. The highest BCUT2D eigenvalue weighted by Gasteiger charge is 2.10. The van der Waals surface area contributed by atoms with Gasteiger partial charge in [-0.05, 0) is 13.8 Å². The molecule has 0 bridgehead atoms. The van der Waals surface area contributed by atoms with Gasteiger partial charge in [-0.3, -0.25) is 0 Å². The smallest absolute Gasteiger partial charge is 0.109 e. The molecule has 0 spiro atoms. The molecule has 0 aromatic carbocycles. The summed E-state index contributed by atoms with van der Waals surface area (Å²) < 4.78 is 5.04. The monoisotopic (exact) mass is 200 g/mol. The molecule has 1 N–H and O–H groups in total. The van der Waals surface area contributed by atoms with Crippen LogP contribution in [0.15, 0.2) is 11.6 Å². The molecule has 0 saturated carbocycles. The molecule has 0 fully saturated rings. The zero-order valence-corrected chi connectivity index (χ0v) is 9.10. The summed E-state index contributed by atoms with van der Waals surface area (Å²) in [5, 5.41) is 6.53. The molecule has 0 amide bonds. The van der Waals surface area contributed by atoms with E-state index in [2.05, 4.69) is 24.1 Å². The minimum Gasteiger partial charge on any atom is -0.383 e. The van der Waals surface area contributed by atoms with Gasteiger partial charge < -0.3 is 10.1 Å². The largest absolute Gasteiger partial charge is 0.383 e. The molecular formula is C9H16N2OS. The molecule has 1 heterocycles. The third kappa shape index (κ3) is 3.42. The van der Waals surface area contributed by atoms with Crippen molar-refractivity contribution in [3.05, 3.63) is 16.6 Å². The number of rotatable bonds is 5. The number of hydrogen-bond donors (Lipinski definition) is 1. The Morgan fingerprint density at radius 2 is 2.38 bits per heavy atom. The highest BCUT2D eigenvalue weighted by atomic mass is 32.1. The van der Waals surface area contributed by atoms with Crippen molar-refractivity contribution in [2.24, 2.45) is 0 Å². The molecule has 0 unspecified atom stereocenters. The van der Waals surface area contributed by atoms with E-state index in [1.807, 2.05) is 11.6 Å². The van der Waals surface area contributed by atoms with Crippen LogP contribution >= 0.6 is 11.3 Å². The molecule has 0 aliphatic rings. The Kier molecular flexibility index (Phi) is 4.35. The maximum absolute atomic E-state index is 5.04. The van der Waals surface area contributed by atoms with Gasteiger partial charge in [0.15, 0.2) is 0 Å². The molecule has 1 aromatic heterocycles. The number of hydrogen-bond acceptors (Lipinski definition) is 4. The van der Waals surface area contributed by atoms with Crippen LogP contribution in [0.25, 0.3) is 0 Å². The molecule has 2 atom stereocenters. The van der Waals surface area contributed by atoms with Crippen molar-refractivity contribution in [2.75, 3.05) is 13.7 Å². The number of nitrogens with zero attached hydrogens (tertiary/aromatic N) is 1. The zero-order valence-electron chi connectivity index (χ0n) is 8.28. The number of methoxy groups -OCH3 is 1. The second kappa shape index (κ2) is 5.32. The van der Waals surface area contributed by atoms with Crippen molar-refractivity contribution in [3.63, 3.8) is 0 Å². The Labute approximate surface area is 83.1 Å². The van der Waals surface area contributed by atoms with E-state index in [9.17, 15) is 0 Å². The molecule has 1 rings (SSSR count). The summed E-state index contributed by atoms with van der Waals surface area (Å²) in [4.78, 5) is 4.24. The number of ether oxygens (including phenoxy) is 1. The first-order chi connectivity index (χ1) is 6.24. The normalized spacial score (nSPS) is 15.6. The van der Waals surface area contributed by atoms with Crippen LogP contribution in [0, 0.1) is 0 Å². The van der Waals surface area contributed by atoms with Crippen LogP contribution in [-0.4, -0.2) is 24.7 Å². The summed E-state index contributed by atoms with van der Waals surface area (Å²) in [6.07, 6.45) is 1.83. The first-order valence-electron chi connectivity index (χ1n) is 4.38. The van der Waals surface area contributed by atoms with Gasteiger partial charge in [-0.15, -0.1) is 11.3 Å². The molecule has 3 nitrogen and oxygen atoms in total. The van der Waals surface area contributed by atoms with E-state index in [4.69, 9.17) is 4.74 Å². The molecule has 74 valence electrons. The fourth-order valence-corrected chi connectivity index (χ4v) is 1.90. The van der Waals surface area contributed by atoms with Crippen LogP contribution in [0.2, 0.25) is 0 Å². The first-order valence-corrected chi connectivity index (χ1v) is 5.26. The van der Waals surface area contributed by atoms with E-state index in [0.29, 0.717) is 12.1 Å². The van der Waals surface area contributed by atoms with Crippen molar-refractivity contribution in [3.8, 4) is 0 Å². The lowest BCUT2D eigenvalue weighted by Crippen LogP contribution is -2.32. The predicted octanol–water partition coefficient (Wildman–Crippen LogP) is 1.83. The third-order valence-corrected chi connectivity index (χ3v) is 2.73. The Morgan fingerprint density at radius 3 is 2.92 bits per heavy atom. The van der Waals surface area contributed by atoms with Gasteiger partial charge in [0.2, 0.25) is 0 Å². The number of aromatic nitrogens is 1. The number of nitrogens with one attached hydrogen (secondary N) is 1. The second-order valence-corrected chi connectivity index (χ2v) is 4.04. The van der Waals surface area contributed by atoms with Gasteiger partial charge in [0.1, 0.15) is 5.01 Å². The lowest BCUT2D eigenvalue weighted by Gasteiger charge is -2.17. The van der Waals surface area contributed by atoms with Crippen LogP contribution in [0.5, 0.6) is 0 Å². The van der Waals surface area contributed by atoms with E-state index in [1.54, 1.807) is 18.4 Å². The molecule has 4 heteroatoms. The number of thiazole rings is 1. The Bertz CT molecular complexity index is 226. The van der Waals surface area contributed by atoms with Crippen molar-refractivity contribution in [1.29, 1.82) is 0 Å². The maximum atomic E-state index is 5.04. The first kappa shape index (κ1) is 10.6. The van der Waals surface area contributed by atoms with Crippen LogP contribution in [0.1, 0.15) is 24.9 Å². The highest BCUT2D eigenvalue weighted by molar-refractivity contribution is 7.09. The molecule has 1 aromatic rings. The van der Waals surface area contributed by atoms with Gasteiger partial charge in [-0.25, -0.2) is 4.98 Å². The lowest BCUT2D eigenvalue weighted by molar-refractivity contribution is 0.167. The van der Waals surface area contributed by atoms with Crippen LogP contribution in [-0.2, 0) is 4.74 Å². The van der Waals surface area contributed by atoms with Gasteiger partial charge in [-0.1, -0.05) is 0 Å². The van der Waals surface area contributed by atoms with Crippen molar-refractivity contribution < 1.29 is 4.74 Å². The topological polar surface area (TPSA) is 34.1 Å². The summed E-state index contributed by atoms with van der Waals surface area (Å²) >= 11 is 1.68. The van der Waals surface area contributed by atoms with Crippen LogP contribution < -0.4 is 5.32 Å². The van der Waals surface area contributed by atoms with Crippen molar-refractivity contribution in [1.82, 2.24) is 10.3 Å². The minimum atomic E-state index is 0.310. The molecule has 0 aliphatic carbocycles. The minimum absolute atomic E-state index is 0.310. The average molecular weight is 200 g/mol. The molecule has 0 aliphatic heterocycles. The van der Waals surface area contributed by atoms with Gasteiger partial charge in [0.25, 0.3) is 0 Å². The molecule has 13 heavy (non-hydrogen) atoms. The van der Waals surface area contributed by atoms with Gasteiger partial charge >= 0.3 is 0 Å². The van der Waals surface area contributed by atoms with Crippen LogP contribution in [0.4, 0.5) is 0 Å². The fraction of sp³-hybridized carbons (Fsp3) is 0.667. The molecule has 0 radical (unpaired) electrons. The Hall–Kier alpha value is -0.450. The summed E-state index contributed by atoms with van der Waals surface area (Å²) in [6, 6.07) is 0.675. The van der Waals surface area contributed by atoms with Crippen molar-refractivity contribution >= 4 is 11.3 Å². The summed E-state index contributed by atoms with van der Waals surface area (Å²) in [6.45, 7) is 4.95. The van der Waals surface area contributed by atoms with Gasteiger partial charge in [0.05, 0.1) is 12.6 Å². The standard InChI is InChI=1S/C9H16N2OS/c1-7(6-12-3)11-8(2)9-10-4-5-13-9/h4-5,7-8,11H,6H2,1-3H3/t7-,8+/m1/s1. The Balaban J connectivity index is 2.37. The van der Waals surface area contributed by atoms with E-state index in [0.717, 1.165) is 11.6 Å². The quantitative estimate of drug-likeness (QED) is 0.787. The van der Waals surface area contributed by atoms with E-state index in [-0.39, 0.29) is 0 Å². The van der Waals surface area contributed by atoms with Gasteiger partial charge in [-0.2, -0.15) is 0 Å². The summed E-state index contributed by atoms with van der Waals surface area (Å²) in [5.74, 6) is 0. The van der Waals surface area contributed by atoms with E-state index >= 15 is 0 Å². The highest BCUT2D eigenvalue weighted by Crippen LogP contribution is 2.14.